The van der Waals surface area contributed by atoms with Crippen molar-refractivity contribution in [2.24, 2.45) is 11.1 Å². The Bertz CT molecular complexity index is 1010. The van der Waals surface area contributed by atoms with E-state index in [9.17, 15) is 9.18 Å². The number of likely N-dealkylation sites (tertiary alicyclic amines) is 1. The second kappa shape index (κ2) is 7.14. The van der Waals surface area contributed by atoms with Crippen molar-refractivity contribution in [1.82, 2.24) is 14.9 Å². The molecule has 0 aliphatic carbocycles. The fourth-order valence-corrected chi connectivity index (χ4v) is 4.76. The molecule has 5 nitrogen and oxygen atoms in total. The van der Waals surface area contributed by atoms with E-state index in [1.165, 1.54) is 23.5 Å². The van der Waals surface area contributed by atoms with E-state index in [4.69, 9.17) is 5.73 Å². The number of rotatable bonds is 4. The van der Waals surface area contributed by atoms with E-state index in [1.54, 1.807) is 12.1 Å². The third kappa shape index (κ3) is 3.81. The summed E-state index contributed by atoms with van der Waals surface area (Å²) in [6.07, 6.45) is 2.24. The maximum atomic E-state index is 13.2. The highest BCUT2D eigenvalue weighted by molar-refractivity contribution is 7.22. The first-order valence-electron chi connectivity index (χ1n) is 9.17. The minimum atomic E-state index is -0.274. The lowest BCUT2D eigenvalue weighted by molar-refractivity contribution is 0.101. The molecule has 1 fully saturated rings. The maximum Gasteiger partial charge on any atom is 0.268 e. The molecule has 0 radical (unpaired) electrons. The summed E-state index contributed by atoms with van der Waals surface area (Å²) < 4.78 is 13.8. The van der Waals surface area contributed by atoms with Crippen molar-refractivity contribution >= 4 is 21.6 Å². The average molecular weight is 386 g/mol. The lowest BCUT2D eigenvalue weighted by Crippen LogP contribution is -2.45. The molecule has 1 saturated heterocycles. The van der Waals surface area contributed by atoms with Gasteiger partial charge < -0.3 is 10.7 Å². The van der Waals surface area contributed by atoms with Crippen LogP contribution in [-0.2, 0) is 6.54 Å². The van der Waals surface area contributed by atoms with Gasteiger partial charge in [0.2, 0.25) is 0 Å². The summed E-state index contributed by atoms with van der Waals surface area (Å²) in [6, 6.07) is 8.19. The van der Waals surface area contributed by atoms with Gasteiger partial charge in [-0.15, -0.1) is 11.3 Å². The molecule has 3 N–H and O–H groups in total. The monoisotopic (exact) mass is 386 g/mol. The van der Waals surface area contributed by atoms with Crippen LogP contribution in [-0.4, -0.2) is 34.5 Å². The second-order valence-electron chi connectivity index (χ2n) is 7.67. The summed E-state index contributed by atoms with van der Waals surface area (Å²) in [6.45, 7) is 5.39. The lowest BCUT2D eigenvalue weighted by atomic mass is 9.82. The van der Waals surface area contributed by atoms with Crippen LogP contribution in [0.4, 0.5) is 4.39 Å². The Morgan fingerprint density at radius 1 is 1.37 bits per heavy atom. The van der Waals surface area contributed by atoms with Gasteiger partial charge in [0.1, 0.15) is 16.3 Å². The summed E-state index contributed by atoms with van der Waals surface area (Å²) in [5, 5.41) is 0. The fourth-order valence-electron chi connectivity index (χ4n) is 3.76. The molecule has 3 heterocycles. The molecule has 1 unspecified atom stereocenters. The zero-order valence-electron chi connectivity index (χ0n) is 15.3. The topological polar surface area (TPSA) is 75.0 Å². The first-order valence-corrected chi connectivity index (χ1v) is 9.98. The Hall–Kier alpha value is -2.09. The molecule has 0 bridgehead atoms. The SMILES string of the molecule is CC1(CN)CCCN(Cc2nc3cc(-c4ccc(F)cc4)sc3c(=O)[nH]2)C1. The van der Waals surface area contributed by atoms with Crippen LogP contribution in [0.3, 0.4) is 0 Å². The number of piperidine rings is 1. The Balaban J connectivity index is 1.62. The van der Waals surface area contributed by atoms with Gasteiger partial charge in [-0.05, 0) is 55.1 Å². The van der Waals surface area contributed by atoms with Crippen molar-refractivity contribution in [1.29, 1.82) is 0 Å². The maximum absolute atomic E-state index is 13.2. The van der Waals surface area contributed by atoms with Gasteiger partial charge >= 0.3 is 0 Å². The van der Waals surface area contributed by atoms with E-state index < -0.39 is 0 Å². The van der Waals surface area contributed by atoms with Crippen molar-refractivity contribution in [2.75, 3.05) is 19.6 Å². The standard InChI is InChI=1S/C20H23FN4OS/c1-20(11-22)7-2-8-25(12-20)10-17-23-15-9-16(27-18(15)19(26)24-17)13-3-5-14(21)6-4-13/h3-6,9H,2,7-8,10-12,22H2,1H3,(H,23,24,26). The van der Waals surface area contributed by atoms with Crippen LogP contribution >= 0.6 is 11.3 Å². The third-order valence-electron chi connectivity index (χ3n) is 5.29. The normalized spacial score (nSPS) is 21.0. The minimum absolute atomic E-state index is 0.119. The Kier molecular flexibility index (Phi) is 4.84. The molecule has 7 heteroatoms. The average Bonchev–Trinajstić information content (AvgIpc) is 3.07. The van der Waals surface area contributed by atoms with Crippen molar-refractivity contribution in [3.8, 4) is 10.4 Å². The number of nitrogens with one attached hydrogen (secondary N) is 1. The van der Waals surface area contributed by atoms with Gasteiger partial charge in [0.15, 0.2) is 0 Å². The molecule has 0 saturated carbocycles. The number of hydrogen-bond donors (Lipinski definition) is 2. The number of fused-ring (bicyclic) bond motifs is 1. The van der Waals surface area contributed by atoms with Gasteiger partial charge in [0.25, 0.3) is 5.56 Å². The molecular weight excluding hydrogens is 363 g/mol. The van der Waals surface area contributed by atoms with Gasteiger partial charge in [0, 0.05) is 11.4 Å². The smallest absolute Gasteiger partial charge is 0.268 e. The van der Waals surface area contributed by atoms with Crippen LogP contribution in [0.2, 0.25) is 0 Å². The van der Waals surface area contributed by atoms with Gasteiger partial charge in [-0.3, -0.25) is 9.69 Å². The van der Waals surface area contributed by atoms with Crippen LogP contribution in [0.1, 0.15) is 25.6 Å². The highest BCUT2D eigenvalue weighted by Gasteiger charge is 2.29. The van der Waals surface area contributed by atoms with E-state index in [0.717, 1.165) is 36.4 Å². The van der Waals surface area contributed by atoms with Crippen LogP contribution in [0.25, 0.3) is 20.7 Å². The molecule has 1 aromatic carbocycles. The zero-order valence-corrected chi connectivity index (χ0v) is 16.1. The van der Waals surface area contributed by atoms with Crippen molar-refractivity contribution in [3.05, 3.63) is 52.3 Å². The molecule has 4 rings (SSSR count). The highest BCUT2D eigenvalue weighted by atomic mass is 32.1. The molecular formula is C20H23FN4OS. The zero-order chi connectivity index (χ0) is 19.0. The van der Waals surface area contributed by atoms with Crippen LogP contribution < -0.4 is 11.3 Å². The summed E-state index contributed by atoms with van der Waals surface area (Å²) in [7, 11) is 0. The summed E-state index contributed by atoms with van der Waals surface area (Å²) >= 11 is 1.38. The van der Waals surface area contributed by atoms with Gasteiger partial charge in [-0.2, -0.15) is 0 Å². The van der Waals surface area contributed by atoms with Gasteiger partial charge in [-0.25, -0.2) is 9.37 Å². The predicted octanol–water partition coefficient (Wildman–Crippen LogP) is 3.35. The van der Waals surface area contributed by atoms with Crippen LogP contribution in [0.5, 0.6) is 0 Å². The molecule has 1 aliphatic rings. The quantitative estimate of drug-likeness (QED) is 0.721. The molecule has 3 aromatic rings. The number of hydrogen-bond acceptors (Lipinski definition) is 5. The van der Waals surface area contributed by atoms with Gasteiger partial charge in [0.05, 0.1) is 12.1 Å². The first-order chi connectivity index (χ1) is 13.0. The molecule has 142 valence electrons. The van der Waals surface area contributed by atoms with Crippen molar-refractivity contribution in [3.63, 3.8) is 0 Å². The minimum Gasteiger partial charge on any atom is -0.330 e. The molecule has 1 aliphatic heterocycles. The molecule has 0 spiro atoms. The van der Waals surface area contributed by atoms with E-state index >= 15 is 0 Å². The van der Waals surface area contributed by atoms with Crippen molar-refractivity contribution < 1.29 is 4.39 Å². The number of nitrogens with zero attached hydrogens (tertiary/aromatic N) is 2. The molecule has 1 atom stereocenters. The third-order valence-corrected chi connectivity index (χ3v) is 6.46. The molecule has 2 aromatic heterocycles. The summed E-state index contributed by atoms with van der Waals surface area (Å²) in [5.74, 6) is 0.404. The number of aromatic nitrogens is 2. The number of aromatic amines is 1. The fraction of sp³-hybridized carbons (Fsp3) is 0.400. The Labute approximate surface area is 161 Å². The van der Waals surface area contributed by atoms with E-state index in [-0.39, 0.29) is 16.8 Å². The van der Waals surface area contributed by atoms with E-state index in [0.29, 0.717) is 29.1 Å². The molecule has 0 amide bonds. The Morgan fingerprint density at radius 2 is 2.15 bits per heavy atom. The molecule has 27 heavy (non-hydrogen) atoms. The van der Waals surface area contributed by atoms with E-state index in [1.807, 2.05) is 6.07 Å². The van der Waals surface area contributed by atoms with Crippen LogP contribution in [0.15, 0.2) is 35.1 Å². The number of H-pyrrole nitrogens is 1. The number of thiophene rings is 1. The number of benzene rings is 1. The number of halogens is 1. The summed E-state index contributed by atoms with van der Waals surface area (Å²) in [5.41, 5.74) is 7.52. The summed E-state index contributed by atoms with van der Waals surface area (Å²) in [4.78, 5) is 23.4. The number of nitrogens with two attached hydrogens (primary N) is 1. The van der Waals surface area contributed by atoms with E-state index in [2.05, 4.69) is 21.8 Å². The lowest BCUT2D eigenvalue weighted by Gasteiger charge is -2.39. The second-order valence-corrected chi connectivity index (χ2v) is 8.73. The highest BCUT2D eigenvalue weighted by Crippen LogP contribution is 2.31. The van der Waals surface area contributed by atoms with Gasteiger partial charge in [-0.1, -0.05) is 19.1 Å². The largest absolute Gasteiger partial charge is 0.330 e. The van der Waals surface area contributed by atoms with Crippen LogP contribution in [0, 0.1) is 11.2 Å². The first kappa shape index (κ1) is 18.3. The Morgan fingerprint density at radius 3 is 2.89 bits per heavy atom. The van der Waals surface area contributed by atoms with Crippen molar-refractivity contribution in [2.45, 2.75) is 26.3 Å². The predicted molar refractivity (Wildman–Crippen MR) is 107 cm³/mol.